The van der Waals surface area contributed by atoms with Gasteiger partial charge in [0.1, 0.15) is 0 Å². The molecule has 1 unspecified atom stereocenters. The number of hydrogen-bond donors (Lipinski definition) is 2. The van der Waals surface area contributed by atoms with Gasteiger partial charge in [-0.3, -0.25) is 0 Å². The highest BCUT2D eigenvalue weighted by Gasteiger charge is 2.47. The summed E-state index contributed by atoms with van der Waals surface area (Å²) in [4.78, 5) is 0.325. The van der Waals surface area contributed by atoms with Crippen molar-refractivity contribution in [3.63, 3.8) is 0 Å². The molecule has 94 valence electrons. The largest absolute Gasteiger partial charge is 0.330 e. The van der Waals surface area contributed by atoms with E-state index in [2.05, 4.69) is 0 Å². The average molecular weight is 254 g/mol. The molecule has 0 bridgehead atoms. The standard InChI is InChI=1S/C12H18N2O2S/c1-17(15,16)10-4-2-9(3-5-10)11(14)12(8-13)6-7-12/h2-5,11H,6-8,13-14H2,1H3. The normalized spacial score (nSPS) is 19.9. The predicted molar refractivity (Wildman–Crippen MR) is 67.2 cm³/mol. The summed E-state index contributed by atoms with van der Waals surface area (Å²) in [5.41, 5.74) is 12.9. The predicted octanol–water partition coefficient (Wildman–Crippen LogP) is 0.829. The summed E-state index contributed by atoms with van der Waals surface area (Å²) in [5, 5.41) is 0. The first-order valence-electron chi connectivity index (χ1n) is 5.65. The molecular formula is C12H18N2O2S. The van der Waals surface area contributed by atoms with Crippen LogP contribution in [0.2, 0.25) is 0 Å². The number of benzene rings is 1. The Hall–Kier alpha value is -0.910. The van der Waals surface area contributed by atoms with Crippen LogP contribution in [0.5, 0.6) is 0 Å². The SMILES string of the molecule is CS(=O)(=O)c1ccc(C(N)C2(CN)CC2)cc1. The Morgan fingerprint density at radius 3 is 2.18 bits per heavy atom. The Kier molecular flexibility index (Phi) is 3.01. The van der Waals surface area contributed by atoms with E-state index in [9.17, 15) is 8.42 Å². The molecule has 5 heteroatoms. The second kappa shape index (κ2) is 4.08. The molecule has 0 aliphatic heterocycles. The molecule has 1 aliphatic rings. The summed E-state index contributed by atoms with van der Waals surface area (Å²) in [6.45, 7) is 0.585. The van der Waals surface area contributed by atoms with E-state index in [1.807, 2.05) is 0 Å². The Morgan fingerprint density at radius 1 is 1.29 bits per heavy atom. The van der Waals surface area contributed by atoms with Gasteiger partial charge in [-0.1, -0.05) is 12.1 Å². The molecule has 0 saturated heterocycles. The maximum atomic E-state index is 11.3. The van der Waals surface area contributed by atoms with Gasteiger partial charge >= 0.3 is 0 Å². The molecule has 0 aromatic heterocycles. The van der Waals surface area contributed by atoms with Gasteiger partial charge < -0.3 is 11.5 Å². The minimum Gasteiger partial charge on any atom is -0.330 e. The van der Waals surface area contributed by atoms with E-state index in [4.69, 9.17) is 11.5 Å². The molecule has 0 amide bonds. The third kappa shape index (κ3) is 2.36. The second-order valence-electron chi connectivity index (χ2n) is 4.89. The van der Waals surface area contributed by atoms with Crippen LogP contribution in [0.1, 0.15) is 24.4 Å². The van der Waals surface area contributed by atoms with E-state index in [0.29, 0.717) is 11.4 Å². The molecule has 0 radical (unpaired) electrons. The van der Waals surface area contributed by atoms with Gasteiger partial charge in [-0.25, -0.2) is 8.42 Å². The van der Waals surface area contributed by atoms with Crippen LogP contribution < -0.4 is 11.5 Å². The lowest BCUT2D eigenvalue weighted by Gasteiger charge is -2.22. The Morgan fingerprint density at radius 2 is 1.82 bits per heavy atom. The number of sulfone groups is 1. The Bertz CT molecular complexity index is 504. The van der Waals surface area contributed by atoms with Crippen molar-refractivity contribution in [2.45, 2.75) is 23.8 Å². The topological polar surface area (TPSA) is 86.2 Å². The van der Waals surface area contributed by atoms with Crippen molar-refractivity contribution in [1.29, 1.82) is 0 Å². The minimum atomic E-state index is -3.14. The third-order valence-corrected chi connectivity index (χ3v) is 4.75. The molecule has 1 atom stereocenters. The van der Waals surface area contributed by atoms with Crippen molar-refractivity contribution in [3.05, 3.63) is 29.8 Å². The van der Waals surface area contributed by atoms with Crippen molar-refractivity contribution < 1.29 is 8.42 Å². The van der Waals surface area contributed by atoms with Gasteiger partial charge in [0, 0.05) is 17.7 Å². The quantitative estimate of drug-likeness (QED) is 0.833. The van der Waals surface area contributed by atoms with Crippen LogP contribution in [0.3, 0.4) is 0 Å². The van der Waals surface area contributed by atoms with E-state index in [-0.39, 0.29) is 11.5 Å². The molecule has 1 fully saturated rings. The van der Waals surface area contributed by atoms with Crippen LogP contribution in [-0.4, -0.2) is 21.2 Å². The summed E-state index contributed by atoms with van der Waals surface area (Å²) in [7, 11) is -3.14. The number of rotatable bonds is 4. The molecule has 0 heterocycles. The zero-order chi connectivity index (χ0) is 12.7. The highest BCUT2D eigenvalue weighted by atomic mass is 32.2. The van der Waals surface area contributed by atoms with E-state index < -0.39 is 9.84 Å². The molecule has 4 N–H and O–H groups in total. The van der Waals surface area contributed by atoms with Gasteiger partial charge in [-0.2, -0.15) is 0 Å². The maximum Gasteiger partial charge on any atom is 0.175 e. The van der Waals surface area contributed by atoms with Gasteiger partial charge in [0.05, 0.1) is 4.90 Å². The van der Waals surface area contributed by atoms with E-state index in [1.54, 1.807) is 24.3 Å². The average Bonchev–Trinajstić information content (AvgIpc) is 3.08. The fraction of sp³-hybridized carbons (Fsp3) is 0.500. The molecule has 2 rings (SSSR count). The highest BCUT2D eigenvalue weighted by molar-refractivity contribution is 7.90. The van der Waals surface area contributed by atoms with Gasteiger partial charge in [-0.05, 0) is 37.1 Å². The number of nitrogens with two attached hydrogens (primary N) is 2. The summed E-state index contributed by atoms with van der Waals surface area (Å²) in [6, 6.07) is 6.70. The van der Waals surface area contributed by atoms with Gasteiger partial charge in [-0.15, -0.1) is 0 Å². The first kappa shape index (κ1) is 12.5. The molecule has 1 aromatic rings. The minimum absolute atomic E-state index is 0.0343. The summed E-state index contributed by atoms with van der Waals surface area (Å²) in [5.74, 6) is 0. The van der Waals surface area contributed by atoms with Crippen LogP contribution in [-0.2, 0) is 9.84 Å². The van der Waals surface area contributed by atoms with Gasteiger partial charge in [0.25, 0.3) is 0 Å². The lowest BCUT2D eigenvalue weighted by molar-refractivity contribution is 0.419. The molecule has 1 aromatic carbocycles. The first-order chi connectivity index (χ1) is 7.89. The molecule has 17 heavy (non-hydrogen) atoms. The van der Waals surface area contributed by atoms with Crippen molar-refractivity contribution in [2.24, 2.45) is 16.9 Å². The molecule has 1 saturated carbocycles. The maximum absolute atomic E-state index is 11.3. The Balaban J connectivity index is 2.24. The summed E-state index contributed by atoms with van der Waals surface area (Å²) < 4.78 is 22.7. The fourth-order valence-electron chi connectivity index (χ4n) is 2.08. The van der Waals surface area contributed by atoms with E-state index >= 15 is 0 Å². The second-order valence-corrected chi connectivity index (χ2v) is 6.90. The van der Waals surface area contributed by atoms with Crippen molar-refractivity contribution in [2.75, 3.05) is 12.8 Å². The van der Waals surface area contributed by atoms with Crippen molar-refractivity contribution in [3.8, 4) is 0 Å². The number of hydrogen-bond acceptors (Lipinski definition) is 4. The lowest BCUT2D eigenvalue weighted by atomic mass is 9.91. The molecular weight excluding hydrogens is 236 g/mol. The summed E-state index contributed by atoms with van der Waals surface area (Å²) >= 11 is 0. The zero-order valence-corrected chi connectivity index (χ0v) is 10.7. The highest BCUT2D eigenvalue weighted by Crippen LogP contribution is 2.52. The fourth-order valence-corrected chi connectivity index (χ4v) is 2.71. The van der Waals surface area contributed by atoms with Crippen LogP contribution in [0.4, 0.5) is 0 Å². The summed E-state index contributed by atoms with van der Waals surface area (Å²) in [6.07, 6.45) is 3.31. The first-order valence-corrected chi connectivity index (χ1v) is 7.54. The monoisotopic (exact) mass is 254 g/mol. The van der Waals surface area contributed by atoms with Crippen LogP contribution in [0, 0.1) is 5.41 Å². The zero-order valence-electron chi connectivity index (χ0n) is 9.89. The lowest BCUT2D eigenvalue weighted by Crippen LogP contribution is -2.29. The van der Waals surface area contributed by atoms with E-state index in [1.165, 1.54) is 6.26 Å². The molecule has 0 spiro atoms. The van der Waals surface area contributed by atoms with Gasteiger partial charge in [0.2, 0.25) is 0 Å². The van der Waals surface area contributed by atoms with Crippen molar-refractivity contribution in [1.82, 2.24) is 0 Å². The molecule has 4 nitrogen and oxygen atoms in total. The third-order valence-electron chi connectivity index (χ3n) is 3.63. The van der Waals surface area contributed by atoms with Gasteiger partial charge in [0.15, 0.2) is 9.84 Å². The smallest absolute Gasteiger partial charge is 0.175 e. The van der Waals surface area contributed by atoms with Crippen LogP contribution >= 0.6 is 0 Å². The molecule has 1 aliphatic carbocycles. The van der Waals surface area contributed by atoms with Crippen LogP contribution in [0.25, 0.3) is 0 Å². The Labute approximate surface area is 102 Å². The van der Waals surface area contributed by atoms with Crippen LogP contribution in [0.15, 0.2) is 29.2 Å². The van der Waals surface area contributed by atoms with E-state index in [0.717, 1.165) is 18.4 Å². The van der Waals surface area contributed by atoms with Crippen molar-refractivity contribution >= 4 is 9.84 Å².